The zero-order chi connectivity index (χ0) is 15.4. The molecule has 6 heteroatoms. The number of aromatic carboxylic acids is 1. The van der Waals surface area contributed by atoms with Crippen molar-refractivity contribution in [3.05, 3.63) is 29.8 Å². The van der Waals surface area contributed by atoms with Crippen molar-refractivity contribution in [3.63, 3.8) is 0 Å². The average Bonchev–Trinajstić information content (AvgIpc) is 2.47. The molecule has 0 saturated heterocycles. The standard InChI is InChI=1S/C15H17NO5/c17-13(11-3-1-2-4-12(11)15(20)21)16-10-7-5-9(6-8-10)14(18)19/h5-8,11-12H,1-4H2,(H,16,17)(H,18,19)(H,20,21). The SMILES string of the molecule is O=C(O)c1ccc(NC(=O)C2CCCCC2C(=O)O)cc1. The lowest BCUT2D eigenvalue weighted by Crippen LogP contribution is -2.36. The Balaban J connectivity index is 2.05. The summed E-state index contributed by atoms with van der Waals surface area (Å²) in [4.78, 5) is 34.2. The third-order valence-corrected chi connectivity index (χ3v) is 3.82. The number of nitrogens with one attached hydrogen (secondary N) is 1. The van der Waals surface area contributed by atoms with Crippen LogP contribution < -0.4 is 5.32 Å². The van der Waals surface area contributed by atoms with Gasteiger partial charge < -0.3 is 15.5 Å². The first kappa shape index (κ1) is 15.0. The molecule has 0 aromatic heterocycles. The van der Waals surface area contributed by atoms with Crippen LogP contribution in [0.3, 0.4) is 0 Å². The van der Waals surface area contributed by atoms with Crippen LogP contribution in [0.1, 0.15) is 36.0 Å². The summed E-state index contributed by atoms with van der Waals surface area (Å²) in [6, 6.07) is 5.79. The molecule has 0 heterocycles. The van der Waals surface area contributed by atoms with E-state index in [9.17, 15) is 19.5 Å². The first-order valence-corrected chi connectivity index (χ1v) is 6.86. The van der Waals surface area contributed by atoms with Crippen LogP contribution >= 0.6 is 0 Å². The Labute approximate surface area is 121 Å². The van der Waals surface area contributed by atoms with Crippen LogP contribution in [0.2, 0.25) is 0 Å². The fraction of sp³-hybridized carbons (Fsp3) is 0.400. The van der Waals surface area contributed by atoms with Gasteiger partial charge >= 0.3 is 11.9 Å². The third-order valence-electron chi connectivity index (χ3n) is 3.82. The van der Waals surface area contributed by atoms with Crippen molar-refractivity contribution in [3.8, 4) is 0 Å². The second-order valence-corrected chi connectivity index (χ2v) is 5.21. The molecule has 2 rings (SSSR count). The number of hydrogen-bond acceptors (Lipinski definition) is 3. The minimum absolute atomic E-state index is 0.133. The summed E-state index contributed by atoms with van der Waals surface area (Å²) in [5, 5.41) is 20.6. The largest absolute Gasteiger partial charge is 0.481 e. The van der Waals surface area contributed by atoms with Crippen LogP contribution in [0.5, 0.6) is 0 Å². The number of carbonyl (C=O) groups excluding carboxylic acids is 1. The highest BCUT2D eigenvalue weighted by Gasteiger charge is 2.35. The molecule has 0 radical (unpaired) electrons. The molecule has 0 aliphatic heterocycles. The van der Waals surface area contributed by atoms with Crippen molar-refractivity contribution >= 4 is 23.5 Å². The van der Waals surface area contributed by atoms with Crippen molar-refractivity contribution in [2.24, 2.45) is 11.8 Å². The summed E-state index contributed by atoms with van der Waals surface area (Å²) in [5.74, 6) is -3.46. The van der Waals surface area contributed by atoms with Crippen LogP contribution in [-0.4, -0.2) is 28.1 Å². The van der Waals surface area contributed by atoms with Gasteiger partial charge in [0, 0.05) is 5.69 Å². The van der Waals surface area contributed by atoms with Crippen molar-refractivity contribution in [1.82, 2.24) is 0 Å². The van der Waals surface area contributed by atoms with Gasteiger partial charge in [-0.1, -0.05) is 12.8 Å². The molecule has 0 spiro atoms. The lowest BCUT2D eigenvalue weighted by molar-refractivity contribution is -0.147. The van der Waals surface area contributed by atoms with E-state index >= 15 is 0 Å². The molecule has 112 valence electrons. The Morgan fingerprint density at radius 1 is 0.952 bits per heavy atom. The van der Waals surface area contributed by atoms with Gasteiger partial charge in [0.25, 0.3) is 0 Å². The second kappa shape index (κ2) is 6.39. The quantitative estimate of drug-likeness (QED) is 0.789. The molecule has 2 unspecified atom stereocenters. The number of carboxylic acid groups (broad SMARTS) is 2. The molecule has 1 aliphatic carbocycles. The Morgan fingerprint density at radius 3 is 2.05 bits per heavy atom. The highest BCUT2D eigenvalue weighted by atomic mass is 16.4. The van der Waals surface area contributed by atoms with Gasteiger partial charge in [-0.2, -0.15) is 0 Å². The predicted molar refractivity (Wildman–Crippen MR) is 75.1 cm³/mol. The summed E-state index contributed by atoms with van der Waals surface area (Å²) in [5.41, 5.74) is 0.605. The molecule has 1 aromatic rings. The van der Waals surface area contributed by atoms with Crippen molar-refractivity contribution < 1.29 is 24.6 Å². The monoisotopic (exact) mass is 291 g/mol. The zero-order valence-corrected chi connectivity index (χ0v) is 11.4. The maximum atomic E-state index is 12.2. The van der Waals surface area contributed by atoms with Crippen molar-refractivity contribution in [1.29, 1.82) is 0 Å². The van der Waals surface area contributed by atoms with E-state index in [2.05, 4.69) is 5.32 Å². The van der Waals surface area contributed by atoms with E-state index in [4.69, 9.17) is 5.11 Å². The maximum Gasteiger partial charge on any atom is 0.335 e. The van der Waals surface area contributed by atoms with Crippen LogP contribution in [0.25, 0.3) is 0 Å². The number of carbonyl (C=O) groups is 3. The van der Waals surface area contributed by atoms with E-state index in [1.807, 2.05) is 0 Å². The first-order valence-electron chi connectivity index (χ1n) is 6.86. The fourth-order valence-corrected chi connectivity index (χ4v) is 2.67. The van der Waals surface area contributed by atoms with Crippen LogP contribution in [0.15, 0.2) is 24.3 Å². The van der Waals surface area contributed by atoms with Gasteiger partial charge in [0.15, 0.2) is 0 Å². The number of carboxylic acids is 2. The summed E-state index contributed by atoms with van der Waals surface area (Å²) >= 11 is 0. The molecule has 2 atom stereocenters. The van der Waals surface area contributed by atoms with Crippen LogP contribution in [-0.2, 0) is 9.59 Å². The third kappa shape index (κ3) is 3.59. The average molecular weight is 291 g/mol. The van der Waals surface area contributed by atoms with Crippen molar-refractivity contribution in [2.75, 3.05) is 5.32 Å². The molecular weight excluding hydrogens is 274 g/mol. The highest BCUT2D eigenvalue weighted by Crippen LogP contribution is 2.31. The molecule has 6 nitrogen and oxygen atoms in total. The highest BCUT2D eigenvalue weighted by molar-refractivity contribution is 5.96. The van der Waals surface area contributed by atoms with E-state index in [-0.39, 0.29) is 11.5 Å². The summed E-state index contributed by atoms with van der Waals surface area (Å²) in [7, 11) is 0. The molecule has 1 saturated carbocycles. The fourth-order valence-electron chi connectivity index (χ4n) is 2.67. The first-order chi connectivity index (χ1) is 9.99. The van der Waals surface area contributed by atoms with E-state index in [0.717, 1.165) is 12.8 Å². The van der Waals surface area contributed by atoms with Gasteiger partial charge in [-0.05, 0) is 37.1 Å². The topological polar surface area (TPSA) is 104 Å². The van der Waals surface area contributed by atoms with Gasteiger partial charge in [0.05, 0.1) is 17.4 Å². The van der Waals surface area contributed by atoms with E-state index in [0.29, 0.717) is 18.5 Å². The number of aliphatic carboxylic acids is 1. The summed E-state index contributed by atoms with van der Waals surface area (Å²) < 4.78 is 0. The lowest BCUT2D eigenvalue weighted by atomic mass is 9.78. The smallest absolute Gasteiger partial charge is 0.335 e. The number of amides is 1. The molecule has 1 fully saturated rings. The minimum Gasteiger partial charge on any atom is -0.481 e. The summed E-state index contributed by atoms with van der Waals surface area (Å²) in [6.45, 7) is 0. The Kier molecular flexibility index (Phi) is 4.57. The van der Waals surface area contributed by atoms with Gasteiger partial charge in [-0.15, -0.1) is 0 Å². The van der Waals surface area contributed by atoms with Crippen molar-refractivity contribution in [2.45, 2.75) is 25.7 Å². The van der Waals surface area contributed by atoms with Gasteiger partial charge in [-0.25, -0.2) is 4.79 Å². The van der Waals surface area contributed by atoms with Crippen LogP contribution in [0, 0.1) is 11.8 Å². The molecular formula is C15H17NO5. The predicted octanol–water partition coefficient (Wildman–Crippen LogP) is 2.21. The maximum absolute atomic E-state index is 12.2. The molecule has 0 bridgehead atoms. The minimum atomic E-state index is -1.04. The normalized spacial score (nSPS) is 21.5. The van der Waals surface area contributed by atoms with Gasteiger partial charge in [-0.3, -0.25) is 9.59 Å². The van der Waals surface area contributed by atoms with Gasteiger partial charge in [0.2, 0.25) is 5.91 Å². The Bertz CT molecular complexity index is 552. The number of hydrogen-bond donors (Lipinski definition) is 3. The molecule has 1 amide bonds. The molecule has 21 heavy (non-hydrogen) atoms. The second-order valence-electron chi connectivity index (χ2n) is 5.21. The number of rotatable bonds is 4. The van der Waals surface area contributed by atoms with E-state index in [1.165, 1.54) is 24.3 Å². The number of anilines is 1. The lowest BCUT2D eigenvalue weighted by Gasteiger charge is -2.27. The summed E-state index contributed by atoms with van der Waals surface area (Å²) in [6.07, 6.45) is 2.76. The van der Waals surface area contributed by atoms with Gasteiger partial charge in [0.1, 0.15) is 0 Å². The van der Waals surface area contributed by atoms with E-state index < -0.39 is 23.8 Å². The van der Waals surface area contributed by atoms with Crippen LogP contribution in [0.4, 0.5) is 5.69 Å². The zero-order valence-electron chi connectivity index (χ0n) is 11.4. The molecule has 3 N–H and O–H groups in total. The van der Waals surface area contributed by atoms with E-state index in [1.54, 1.807) is 0 Å². The Hall–Kier alpha value is -2.37. The Morgan fingerprint density at radius 2 is 1.52 bits per heavy atom. The molecule has 1 aromatic carbocycles. The number of benzene rings is 1. The molecule has 1 aliphatic rings.